The molecule has 7 heteroatoms. The summed E-state index contributed by atoms with van der Waals surface area (Å²) in [7, 11) is 0. The molecule has 0 radical (unpaired) electrons. The van der Waals surface area contributed by atoms with E-state index < -0.39 is 5.97 Å². The van der Waals surface area contributed by atoms with E-state index in [2.05, 4.69) is 39.5 Å². The summed E-state index contributed by atoms with van der Waals surface area (Å²) < 4.78 is 10.1. The fourth-order valence-electron chi connectivity index (χ4n) is 2.57. The van der Waals surface area contributed by atoms with E-state index in [4.69, 9.17) is 9.26 Å². The molecule has 3 rings (SSSR count). The van der Waals surface area contributed by atoms with Gasteiger partial charge in [-0.3, -0.25) is 0 Å². The average molecular weight is 340 g/mol. The zero-order valence-electron chi connectivity index (χ0n) is 14.2. The summed E-state index contributed by atoms with van der Waals surface area (Å²) in [5, 5.41) is 7.55. The van der Waals surface area contributed by atoms with Gasteiger partial charge in [0.1, 0.15) is 17.5 Å². The molecule has 1 atom stereocenters. The summed E-state index contributed by atoms with van der Waals surface area (Å²) in [5.41, 5.74) is 1.63. The largest absolute Gasteiger partial charge is 0.461 e. The Morgan fingerprint density at radius 2 is 2.08 bits per heavy atom. The number of hydrogen-bond acceptors (Lipinski definition) is 7. The Kier molecular flexibility index (Phi) is 5.23. The van der Waals surface area contributed by atoms with Crippen LogP contribution in [0, 0.1) is 0 Å². The summed E-state index contributed by atoms with van der Waals surface area (Å²) in [4.78, 5) is 20.3. The maximum atomic E-state index is 12.0. The van der Waals surface area contributed by atoms with Gasteiger partial charge in [0.15, 0.2) is 0 Å². The van der Waals surface area contributed by atoms with Crippen LogP contribution in [0.25, 0.3) is 11.1 Å². The topological polar surface area (TPSA) is 90.1 Å². The van der Waals surface area contributed by atoms with Crippen molar-refractivity contribution in [1.82, 2.24) is 15.1 Å². The van der Waals surface area contributed by atoms with Crippen LogP contribution < -0.4 is 5.32 Å². The van der Waals surface area contributed by atoms with Crippen LogP contribution in [-0.4, -0.2) is 33.7 Å². The molecule has 1 N–H and O–H groups in total. The Balaban J connectivity index is 1.76. The molecule has 0 aliphatic carbocycles. The number of nitrogens with one attached hydrogen (secondary N) is 1. The van der Waals surface area contributed by atoms with Crippen molar-refractivity contribution >= 4 is 22.9 Å². The maximum absolute atomic E-state index is 12.0. The molecule has 130 valence electrons. The van der Waals surface area contributed by atoms with Crippen molar-refractivity contribution in [3.05, 3.63) is 47.9 Å². The first-order chi connectivity index (χ1) is 12.2. The molecule has 25 heavy (non-hydrogen) atoms. The number of aryl methyl sites for hydroxylation is 1. The van der Waals surface area contributed by atoms with E-state index in [9.17, 15) is 4.79 Å². The molecule has 7 nitrogen and oxygen atoms in total. The fourth-order valence-corrected chi connectivity index (χ4v) is 2.57. The molecule has 1 aromatic carbocycles. The Hall–Kier alpha value is -2.96. The predicted molar refractivity (Wildman–Crippen MR) is 93.4 cm³/mol. The smallest absolute Gasteiger partial charge is 0.361 e. The van der Waals surface area contributed by atoms with E-state index >= 15 is 0 Å². The number of fused-ring (bicyclic) bond motifs is 1. The third-order valence-electron chi connectivity index (χ3n) is 3.83. The van der Waals surface area contributed by atoms with E-state index in [-0.39, 0.29) is 24.1 Å². The summed E-state index contributed by atoms with van der Waals surface area (Å²) >= 11 is 0. The highest BCUT2D eigenvalue weighted by Gasteiger charge is 2.22. The second-order valence-electron chi connectivity index (χ2n) is 5.72. The number of ether oxygens (including phenoxy) is 1. The number of nitrogens with zero attached hydrogens (tertiary/aromatic N) is 3. The summed E-state index contributed by atoms with van der Waals surface area (Å²) in [6.45, 7) is 4.06. The predicted octanol–water partition coefficient (Wildman–Crippen LogP) is 3.23. The highest BCUT2D eigenvalue weighted by Crippen LogP contribution is 2.25. The van der Waals surface area contributed by atoms with Crippen LogP contribution in [0.15, 0.2) is 41.2 Å². The highest BCUT2D eigenvalue weighted by atomic mass is 16.5. The van der Waals surface area contributed by atoms with Gasteiger partial charge in [-0.15, -0.1) is 0 Å². The second kappa shape index (κ2) is 7.74. The molecular weight excluding hydrogens is 320 g/mol. The van der Waals surface area contributed by atoms with Crippen molar-refractivity contribution in [2.75, 3.05) is 11.9 Å². The first kappa shape index (κ1) is 16.9. The van der Waals surface area contributed by atoms with E-state index in [0.717, 1.165) is 12.8 Å². The van der Waals surface area contributed by atoms with Gasteiger partial charge in [-0.05, 0) is 32.3 Å². The van der Waals surface area contributed by atoms with Crippen molar-refractivity contribution in [3.63, 3.8) is 0 Å². The molecule has 0 fully saturated rings. The average Bonchev–Trinajstić information content (AvgIpc) is 3.06. The third kappa shape index (κ3) is 3.93. The number of rotatable bonds is 7. The van der Waals surface area contributed by atoms with Gasteiger partial charge in [0.05, 0.1) is 6.61 Å². The van der Waals surface area contributed by atoms with Crippen LogP contribution in [-0.2, 0) is 11.2 Å². The number of benzene rings is 1. The molecule has 0 spiro atoms. The highest BCUT2D eigenvalue weighted by molar-refractivity contribution is 6.04. The Labute approximate surface area is 145 Å². The second-order valence-corrected chi connectivity index (χ2v) is 5.72. The van der Waals surface area contributed by atoms with Crippen LogP contribution >= 0.6 is 0 Å². The van der Waals surface area contributed by atoms with Crippen molar-refractivity contribution in [2.45, 2.75) is 32.7 Å². The standard InChI is InChI=1S/C18H20N4O3/c1-3-24-18(23)15-14-16(19-11-20-17(14)25-22-15)21-12(2)9-10-13-7-5-4-6-8-13/h4-8,11-12H,3,9-10H2,1-2H3,(H,19,20,21)/t12-/m1/s1. The molecule has 0 bridgehead atoms. The fraction of sp³-hybridized carbons (Fsp3) is 0.333. The molecule has 0 aliphatic heterocycles. The molecule has 0 saturated heterocycles. The van der Waals surface area contributed by atoms with Gasteiger partial charge < -0.3 is 14.6 Å². The van der Waals surface area contributed by atoms with Crippen LogP contribution in [0.1, 0.15) is 36.3 Å². The van der Waals surface area contributed by atoms with Crippen LogP contribution in [0.2, 0.25) is 0 Å². The zero-order chi connectivity index (χ0) is 17.6. The van der Waals surface area contributed by atoms with Gasteiger partial charge >= 0.3 is 5.97 Å². The minimum absolute atomic E-state index is 0.0928. The Morgan fingerprint density at radius 3 is 2.84 bits per heavy atom. The van der Waals surface area contributed by atoms with Crippen molar-refractivity contribution in [3.8, 4) is 0 Å². The number of hydrogen-bond donors (Lipinski definition) is 1. The molecule has 0 saturated carbocycles. The molecular formula is C18H20N4O3. The lowest BCUT2D eigenvalue weighted by Gasteiger charge is -2.14. The Bertz CT molecular complexity index is 848. The minimum Gasteiger partial charge on any atom is -0.461 e. The van der Waals surface area contributed by atoms with Crippen molar-refractivity contribution < 1.29 is 14.1 Å². The summed E-state index contributed by atoms with van der Waals surface area (Å²) in [5.74, 6) is -0.0223. The lowest BCUT2D eigenvalue weighted by Crippen LogP contribution is -2.18. The van der Waals surface area contributed by atoms with Gasteiger partial charge in [0.2, 0.25) is 5.69 Å². The number of carbonyl (C=O) groups excluding carboxylic acids is 1. The van der Waals surface area contributed by atoms with Crippen molar-refractivity contribution in [2.24, 2.45) is 0 Å². The molecule has 0 amide bonds. The normalized spacial score (nSPS) is 12.1. The number of carbonyl (C=O) groups is 1. The first-order valence-corrected chi connectivity index (χ1v) is 8.27. The number of anilines is 1. The van der Waals surface area contributed by atoms with Gasteiger partial charge in [0, 0.05) is 6.04 Å². The summed E-state index contributed by atoms with van der Waals surface area (Å²) in [6.07, 6.45) is 3.24. The van der Waals surface area contributed by atoms with Crippen LogP contribution in [0.4, 0.5) is 5.82 Å². The van der Waals surface area contributed by atoms with E-state index in [1.807, 2.05) is 18.2 Å². The molecule has 2 aromatic heterocycles. The quantitative estimate of drug-likeness (QED) is 0.660. The third-order valence-corrected chi connectivity index (χ3v) is 3.83. The summed E-state index contributed by atoms with van der Waals surface area (Å²) in [6, 6.07) is 10.4. The molecule has 0 unspecified atom stereocenters. The number of aromatic nitrogens is 3. The lowest BCUT2D eigenvalue weighted by atomic mass is 10.1. The van der Waals surface area contributed by atoms with Gasteiger partial charge in [0.25, 0.3) is 5.71 Å². The van der Waals surface area contributed by atoms with E-state index in [0.29, 0.717) is 11.2 Å². The SMILES string of the molecule is CCOC(=O)c1noc2ncnc(N[C@H](C)CCc3ccccc3)c12. The number of esters is 1. The molecule has 0 aliphatic rings. The zero-order valence-corrected chi connectivity index (χ0v) is 14.2. The van der Waals surface area contributed by atoms with Crippen LogP contribution in [0.3, 0.4) is 0 Å². The van der Waals surface area contributed by atoms with Crippen LogP contribution in [0.5, 0.6) is 0 Å². The maximum Gasteiger partial charge on any atom is 0.361 e. The van der Waals surface area contributed by atoms with Gasteiger partial charge in [-0.1, -0.05) is 35.5 Å². The van der Waals surface area contributed by atoms with E-state index in [1.165, 1.54) is 11.9 Å². The lowest BCUT2D eigenvalue weighted by molar-refractivity contribution is 0.0517. The van der Waals surface area contributed by atoms with E-state index in [1.54, 1.807) is 6.92 Å². The molecule has 2 heterocycles. The first-order valence-electron chi connectivity index (χ1n) is 8.27. The monoisotopic (exact) mass is 340 g/mol. The molecule has 3 aromatic rings. The Morgan fingerprint density at radius 1 is 1.28 bits per heavy atom. The van der Waals surface area contributed by atoms with Gasteiger partial charge in [-0.2, -0.15) is 4.98 Å². The minimum atomic E-state index is -0.545. The van der Waals surface area contributed by atoms with Crippen molar-refractivity contribution in [1.29, 1.82) is 0 Å². The van der Waals surface area contributed by atoms with Gasteiger partial charge in [-0.25, -0.2) is 9.78 Å².